The van der Waals surface area contributed by atoms with Crippen LogP contribution in [-0.4, -0.2) is 57.9 Å². The molecule has 6 atom stereocenters. The largest absolute Gasteiger partial charge is 0.455 e. The van der Waals surface area contributed by atoms with E-state index in [4.69, 9.17) is 9.47 Å². The second-order valence-corrected chi connectivity index (χ2v) is 13.0. The molecule has 0 aromatic rings. The molecule has 0 saturated carbocycles. The molecule has 2 rings (SSSR count). The van der Waals surface area contributed by atoms with Crippen molar-refractivity contribution in [1.29, 1.82) is 0 Å². The van der Waals surface area contributed by atoms with E-state index in [0.29, 0.717) is 12.0 Å². The summed E-state index contributed by atoms with van der Waals surface area (Å²) in [4.78, 5) is 11.6. The minimum Gasteiger partial charge on any atom is -0.455 e. The summed E-state index contributed by atoms with van der Waals surface area (Å²) in [6.07, 6.45) is 26.7. The molecule has 6 nitrogen and oxygen atoms in total. The quantitative estimate of drug-likeness (QED) is 0.0707. The number of esters is 1. The molecule has 240 valence electrons. The number of hydrogen-bond donors (Lipinski definition) is 3. The SMILES string of the molecule is CCCCCCCCCCCC[C@H](O)[C@@H]1CC[C@H]([C@H](O)CCCCCCCCCC[C@H](O)CC2=C[C@H](C)OC2=O)O1. The van der Waals surface area contributed by atoms with E-state index in [1.165, 1.54) is 83.5 Å². The molecule has 1 saturated heterocycles. The zero-order valence-corrected chi connectivity index (χ0v) is 26.6. The average Bonchev–Trinajstić information content (AvgIpc) is 3.57. The van der Waals surface area contributed by atoms with E-state index in [0.717, 1.165) is 64.2 Å². The van der Waals surface area contributed by atoms with Crippen LogP contribution in [0.4, 0.5) is 0 Å². The molecule has 2 heterocycles. The first-order valence-corrected chi connectivity index (χ1v) is 17.5. The third-order valence-electron chi connectivity index (χ3n) is 9.03. The monoisotopic (exact) mass is 580 g/mol. The Morgan fingerprint density at radius 1 is 0.683 bits per heavy atom. The molecular formula is C35H64O6. The fraction of sp³-hybridized carbons (Fsp3) is 0.914. The topological polar surface area (TPSA) is 96.2 Å². The summed E-state index contributed by atoms with van der Waals surface area (Å²) in [6.45, 7) is 4.10. The van der Waals surface area contributed by atoms with Crippen molar-refractivity contribution in [1.82, 2.24) is 0 Å². The highest BCUT2D eigenvalue weighted by Crippen LogP contribution is 2.28. The summed E-state index contributed by atoms with van der Waals surface area (Å²) >= 11 is 0. The van der Waals surface area contributed by atoms with Gasteiger partial charge in [-0.25, -0.2) is 4.79 Å². The van der Waals surface area contributed by atoms with Gasteiger partial charge in [-0.1, -0.05) is 122 Å². The Labute approximate surface area is 251 Å². The maximum Gasteiger partial charge on any atom is 0.334 e. The van der Waals surface area contributed by atoms with Crippen molar-refractivity contribution in [2.75, 3.05) is 0 Å². The van der Waals surface area contributed by atoms with Gasteiger partial charge in [0.25, 0.3) is 0 Å². The molecule has 0 amide bonds. The first-order valence-electron chi connectivity index (χ1n) is 17.5. The zero-order chi connectivity index (χ0) is 29.7. The lowest BCUT2D eigenvalue weighted by Gasteiger charge is -2.22. The van der Waals surface area contributed by atoms with Gasteiger partial charge in [-0.2, -0.15) is 0 Å². The van der Waals surface area contributed by atoms with Crippen molar-refractivity contribution in [3.8, 4) is 0 Å². The number of cyclic esters (lactones) is 1. The summed E-state index contributed by atoms with van der Waals surface area (Å²) in [7, 11) is 0. The molecular weight excluding hydrogens is 516 g/mol. The third-order valence-corrected chi connectivity index (χ3v) is 9.03. The van der Waals surface area contributed by atoms with E-state index in [9.17, 15) is 20.1 Å². The molecule has 0 spiro atoms. The molecule has 0 aliphatic carbocycles. The minimum atomic E-state index is -0.461. The number of carbonyl (C=O) groups is 1. The van der Waals surface area contributed by atoms with E-state index in [1.54, 1.807) is 0 Å². The highest BCUT2D eigenvalue weighted by atomic mass is 16.5. The maximum absolute atomic E-state index is 11.6. The van der Waals surface area contributed by atoms with Crippen LogP contribution in [0.15, 0.2) is 11.6 Å². The molecule has 3 N–H and O–H groups in total. The van der Waals surface area contributed by atoms with Gasteiger partial charge >= 0.3 is 5.97 Å². The molecule has 41 heavy (non-hydrogen) atoms. The molecule has 0 radical (unpaired) electrons. The summed E-state index contributed by atoms with van der Waals surface area (Å²) in [5.74, 6) is -0.280. The number of ether oxygens (including phenoxy) is 2. The van der Waals surface area contributed by atoms with Gasteiger partial charge in [-0.3, -0.25) is 0 Å². The maximum atomic E-state index is 11.6. The van der Waals surface area contributed by atoms with Gasteiger partial charge in [0.15, 0.2) is 0 Å². The third kappa shape index (κ3) is 16.5. The van der Waals surface area contributed by atoms with Crippen molar-refractivity contribution < 1.29 is 29.6 Å². The predicted octanol–water partition coefficient (Wildman–Crippen LogP) is 8.09. The fourth-order valence-corrected chi connectivity index (χ4v) is 6.40. The van der Waals surface area contributed by atoms with Crippen LogP contribution in [0.3, 0.4) is 0 Å². The van der Waals surface area contributed by atoms with E-state index >= 15 is 0 Å². The van der Waals surface area contributed by atoms with Gasteiger partial charge in [0.2, 0.25) is 0 Å². The molecule has 2 aliphatic heterocycles. The molecule has 1 fully saturated rings. The summed E-state index contributed by atoms with van der Waals surface area (Å²) in [5, 5.41) is 31.4. The van der Waals surface area contributed by atoms with E-state index in [1.807, 2.05) is 13.0 Å². The Morgan fingerprint density at radius 2 is 1.10 bits per heavy atom. The van der Waals surface area contributed by atoms with Crippen LogP contribution in [0.2, 0.25) is 0 Å². The van der Waals surface area contributed by atoms with Crippen LogP contribution < -0.4 is 0 Å². The predicted molar refractivity (Wildman–Crippen MR) is 167 cm³/mol. The first kappa shape index (κ1) is 36.2. The van der Waals surface area contributed by atoms with Crippen molar-refractivity contribution in [2.24, 2.45) is 0 Å². The van der Waals surface area contributed by atoms with Crippen LogP contribution in [0.1, 0.15) is 168 Å². The Balaban J connectivity index is 1.37. The van der Waals surface area contributed by atoms with Crippen LogP contribution in [-0.2, 0) is 14.3 Å². The lowest BCUT2D eigenvalue weighted by molar-refractivity contribution is -0.139. The summed E-state index contributed by atoms with van der Waals surface area (Å²) in [5.41, 5.74) is 0.617. The van der Waals surface area contributed by atoms with Crippen LogP contribution in [0.5, 0.6) is 0 Å². The van der Waals surface area contributed by atoms with Gasteiger partial charge in [-0.15, -0.1) is 0 Å². The van der Waals surface area contributed by atoms with Gasteiger partial charge in [0.1, 0.15) is 6.10 Å². The van der Waals surface area contributed by atoms with Gasteiger partial charge in [0.05, 0.1) is 30.5 Å². The van der Waals surface area contributed by atoms with E-state index in [-0.39, 0.29) is 24.3 Å². The van der Waals surface area contributed by atoms with Crippen LogP contribution in [0.25, 0.3) is 0 Å². The molecule has 0 bridgehead atoms. The second kappa shape index (κ2) is 22.6. The molecule has 0 aromatic heterocycles. The highest BCUT2D eigenvalue weighted by molar-refractivity contribution is 5.90. The number of aliphatic hydroxyl groups excluding tert-OH is 3. The molecule has 6 heteroatoms. The Hall–Kier alpha value is -0.950. The van der Waals surface area contributed by atoms with Gasteiger partial charge in [-0.05, 0) is 45.1 Å². The number of hydrogen-bond acceptors (Lipinski definition) is 6. The number of carbonyl (C=O) groups excluding carboxylic acids is 1. The Kier molecular flexibility index (Phi) is 20.0. The van der Waals surface area contributed by atoms with E-state index < -0.39 is 18.3 Å². The number of rotatable bonds is 26. The van der Waals surface area contributed by atoms with Crippen LogP contribution in [0, 0.1) is 0 Å². The summed E-state index contributed by atoms with van der Waals surface area (Å²) < 4.78 is 11.2. The normalized spacial score (nSPS) is 23.0. The Morgan fingerprint density at radius 3 is 1.51 bits per heavy atom. The van der Waals surface area contributed by atoms with Crippen molar-refractivity contribution in [3.63, 3.8) is 0 Å². The molecule has 0 aromatic carbocycles. The Bertz CT molecular complexity index is 694. The summed E-state index contributed by atoms with van der Waals surface area (Å²) in [6, 6.07) is 0. The van der Waals surface area contributed by atoms with Crippen molar-refractivity contribution in [2.45, 2.75) is 205 Å². The van der Waals surface area contributed by atoms with Gasteiger partial charge < -0.3 is 24.8 Å². The van der Waals surface area contributed by atoms with Crippen molar-refractivity contribution in [3.05, 3.63) is 11.6 Å². The second-order valence-electron chi connectivity index (χ2n) is 13.0. The lowest BCUT2D eigenvalue weighted by Crippen LogP contribution is -2.31. The number of aliphatic hydroxyl groups is 3. The smallest absolute Gasteiger partial charge is 0.334 e. The van der Waals surface area contributed by atoms with E-state index in [2.05, 4.69) is 6.92 Å². The standard InChI is InChI=1S/C35H64O6/c1-3-4-5-6-7-8-9-13-16-19-22-31(37)33-24-25-34(41-33)32(38)23-20-17-14-11-10-12-15-18-21-30(36)27-29-26-28(2)40-35(29)39/h26,28,30-34,36-38H,3-25,27H2,1-2H3/t28-,30-,31-,32+,33-,34+/m0/s1. The highest BCUT2D eigenvalue weighted by Gasteiger charge is 2.34. The molecule has 0 unspecified atom stereocenters. The minimum absolute atomic E-state index is 0.102. The van der Waals surface area contributed by atoms with Crippen molar-refractivity contribution >= 4 is 5.97 Å². The van der Waals surface area contributed by atoms with Crippen LogP contribution >= 0.6 is 0 Å². The molecule has 2 aliphatic rings. The zero-order valence-electron chi connectivity index (χ0n) is 26.6. The first-order chi connectivity index (χ1) is 19.9. The lowest BCUT2D eigenvalue weighted by atomic mass is 9.99. The number of unbranched alkanes of at least 4 members (excludes halogenated alkanes) is 16. The fourth-order valence-electron chi connectivity index (χ4n) is 6.40. The average molecular weight is 581 g/mol. The van der Waals surface area contributed by atoms with Gasteiger partial charge in [0, 0.05) is 12.0 Å².